The number of aromatic nitrogens is 2. The maximum absolute atomic E-state index is 11.9. The minimum absolute atomic E-state index is 0.0625. The number of carbonyl (C=O) groups is 1. The van der Waals surface area contributed by atoms with Crippen LogP contribution in [0.25, 0.3) is 6.08 Å². The molecule has 0 atom stereocenters. The van der Waals surface area contributed by atoms with Gasteiger partial charge >= 0.3 is 0 Å². The molecule has 0 amide bonds. The van der Waals surface area contributed by atoms with Gasteiger partial charge in [-0.3, -0.25) is 9.48 Å². The second-order valence-electron chi connectivity index (χ2n) is 4.77. The van der Waals surface area contributed by atoms with Gasteiger partial charge in [0.2, 0.25) is 5.78 Å². The zero-order valence-electron chi connectivity index (χ0n) is 11.9. The van der Waals surface area contributed by atoms with Crippen LogP contribution in [0, 0.1) is 0 Å². The van der Waals surface area contributed by atoms with E-state index in [4.69, 9.17) is 4.74 Å². The van der Waals surface area contributed by atoms with Gasteiger partial charge in [-0.05, 0) is 43.7 Å². The molecule has 0 aliphatic heterocycles. The minimum atomic E-state index is -0.0625. The van der Waals surface area contributed by atoms with Gasteiger partial charge in [0, 0.05) is 13.2 Å². The molecule has 0 N–H and O–H groups in total. The van der Waals surface area contributed by atoms with Crippen molar-refractivity contribution >= 4 is 11.9 Å². The number of hydrogen-bond acceptors (Lipinski definition) is 3. The minimum Gasteiger partial charge on any atom is -0.491 e. The van der Waals surface area contributed by atoms with E-state index in [1.165, 1.54) is 0 Å². The van der Waals surface area contributed by atoms with E-state index in [0.29, 0.717) is 5.69 Å². The molecule has 4 heteroatoms. The van der Waals surface area contributed by atoms with E-state index in [-0.39, 0.29) is 11.9 Å². The predicted molar refractivity (Wildman–Crippen MR) is 78.8 cm³/mol. The molecule has 0 bridgehead atoms. The first-order valence-electron chi connectivity index (χ1n) is 6.53. The number of carbonyl (C=O) groups excluding carboxylic acids is 1. The van der Waals surface area contributed by atoms with Crippen LogP contribution >= 0.6 is 0 Å². The van der Waals surface area contributed by atoms with Gasteiger partial charge in [-0.2, -0.15) is 5.10 Å². The molecule has 0 saturated carbocycles. The van der Waals surface area contributed by atoms with E-state index in [9.17, 15) is 4.79 Å². The molecule has 104 valence electrons. The molecule has 0 radical (unpaired) electrons. The molecule has 4 nitrogen and oxygen atoms in total. The summed E-state index contributed by atoms with van der Waals surface area (Å²) < 4.78 is 7.13. The summed E-state index contributed by atoms with van der Waals surface area (Å²) >= 11 is 0. The van der Waals surface area contributed by atoms with Crippen LogP contribution in [-0.4, -0.2) is 21.7 Å². The van der Waals surface area contributed by atoms with Crippen LogP contribution < -0.4 is 4.74 Å². The highest BCUT2D eigenvalue weighted by atomic mass is 16.5. The second kappa shape index (κ2) is 6.19. The molecule has 0 fully saturated rings. The molecule has 1 heterocycles. The molecule has 0 aliphatic rings. The standard InChI is InChI=1S/C16H18N2O2/c1-12(2)20-14-7-4-13(5-8-14)6-9-16(19)15-10-11-17-18(15)3/h4-12H,1-3H3. The molecule has 20 heavy (non-hydrogen) atoms. The summed E-state index contributed by atoms with van der Waals surface area (Å²) in [6.07, 6.45) is 5.10. The van der Waals surface area contributed by atoms with E-state index in [1.54, 1.807) is 36.1 Å². The Bertz CT molecular complexity index is 610. The largest absolute Gasteiger partial charge is 0.491 e. The maximum Gasteiger partial charge on any atom is 0.203 e. The molecule has 2 rings (SSSR count). The van der Waals surface area contributed by atoms with Crippen molar-refractivity contribution in [1.29, 1.82) is 0 Å². The quantitative estimate of drug-likeness (QED) is 0.619. The van der Waals surface area contributed by atoms with Crippen molar-refractivity contribution in [2.45, 2.75) is 20.0 Å². The summed E-state index contributed by atoms with van der Waals surface area (Å²) in [5.74, 6) is 0.766. The number of ketones is 1. The fraction of sp³-hybridized carbons (Fsp3) is 0.250. The van der Waals surface area contributed by atoms with Gasteiger partial charge < -0.3 is 4.74 Å². The molecular formula is C16H18N2O2. The second-order valence-corrected chi connectivity index (χ2v) is 4.77. The molecule has 2 aromatic rings. The van der Waals surface area contributed by atoms with Crippen LogP contribution in [0.15, 0.2) is 42.6 Å². The van der Waals surface area contributed by atoms with Crippen molar-refractivity contribution in [2.75, 3.05) is 0 Å². The van der Waals surface area contributed by atoms with Gasteiger partial charge in [0.05, 0.1) is 6.10 Å². The van der Waals surface area contributed by atoms with Gasteiger partial charge in [0.15, 0.2) is 0 Å². The van der Waals surface area contributed by atoms with E-state index in [1.807, 2.05) is 38.1 Å². The van der Waals surface area contributed by atoms with Crippen molar-refractivity contribution in [2.24, 2.45) is 7.05 Å². The van der Waals surface area contributed by atoms with Crippen LogP contribution in [0.5, 0.6) is 5.75 Å². The SMILES string of the molecule is CC(C)Oc1ccc(C=CC(=O)c2ccnn2C)cc1. The third kappa shape index (κ3) is 3.57. The van der Waals surface area contributed by atoms with Crippen molar-refractivity contribution < 1.29 is 9.53 Å². The first-order valence-corrected chi connectivity index (χ1v) is 6.53. The van der Waals surface area contributed by atoms with Gasteiger partial charge in [0.25, 0.3) is 0 Å². The van der Waals surface area contributed by atoms with Gasteiger partial charge in [-0.15, -0.1) is 0 Å². The Kier molecular flexibility index (Phi) is 4.35. The predicted octanol–water partition coefficient (Wildman–Crippen LogP) is 3.10. The monoisotopic (exact) mass is 270 g/mol. The van der Waals surface area contributed by atoms with Crippen molar-refractivity contribution in [3.63, 3.8) is 0 Å². The third-order valence-corrected chi connectivity index (χ3v) is 2.75. The van der Waals surface area contributed by atoms with Crippen LogP contribution in [0.1, 0.15) is 29.9 Å². The van der Waals surface area contributed by atoms with Gasteiger partial charge in [0.1, 0.15) is 11.4 Å². The average Bonchev–Trinajstić information content (AvgIpc) is 2.83. The molecule has 1 aromatic carbocycles. The summed E-state index contributed by atoms with van der Waals surface area (Å²) in [7, 11) is 1.75. The number of benzene rings is 1. The Morgan fingerprint density at radius 2 is 1.95 bits per heavy atom. The van der Waals surface area contributed by atoms with Gasteiger partial charge in [-0.1, -0.05) is 18.2 Å². The van der Waals surface area contributed by atoms with E-state index >= 15 is 0 Å². The van der Waals surface area contributed by atoms with Crippen molar-refractivity contribution in [3.8, 4) is 5.75 Å². The Morgan fingerprint density at radius 3 is 2.50 bits per heavy atom. The summed E-state index contributed by atoms with van der Waals surface area (Å²) in [5, 5.41) is 3.98. The number of aryl methyl sites for hydroxylation is 1. The molecule has 0 saturated heterocycles. The van der Waals surface area contributed by atoms with E-state index in [2.05, 4.69) is 5.10 Å². The molecule has 0 spiro atoms. The zero-order valence-corrected chi connectivity index (χ0v) is 11.9. The Hall–Kier alpha value is -2.36. The highest BCUT2D eigenvalue weighted by Gasteiger charge is 2.05. The van der Waals surface area contributed by atoms with Crippen LogP contribution in [-0.2, 0) is 7.05 Å². The lowest BCUT2D eigenvalue weighted by Gasteiger charge is -2.09. The maximum atomic E-state index is 11.9. The summed E-state index contributed by atoms with van der Waals surface area (Å²) in [5.41, 5.74) is 1.53. The lowest BCUT2D eigenvalue weighted by atomic mass is 10.1. The number of rotatable bonds is 5. The summed E-state index contributed by atoms with van der Waals surface area (Å²) in [6, 6.07) is 9.34. The first kappa shape index (κ1) is 14.1. The normalized spacial score (nSPS) is 11.2. The van der Waals surface area contributed by atoms with E-state index < -0.39 is 0 Å². The first-order chi connectivity index (χ1) is 9.56. The van der Waals surface area contributed by atoms with Crippen molar-refractivity contribution in [3.05, 3.63) is 53.9 Å². The Balaban J connectivity index is 2.04. The van der Waals surface area contributed by atoms with Crippen LogP contribution in [0.3, 0.4) is 0 Å². The van der Waals surface area contributed by atoms with Crippen LogP contribution in [0.2, 0.25) is 0 Å². The summed E-state index contributed by atoms with van der Waals surface area (Å²) in [6.45, 7) is 3.97. The highest BCUT2D eigenvalue weighted by molar-refractivity contribution is 6.05. The van der Waals surface area contributed by atoms with Gasteiger partial charge in [-0.25, -0.2) is 0 Å². The van der Waals surface area contributed by atoms with E-state index in [0.717, 1.165) is 11.3 Å². The zero-order chi connectivity index (χ0) is 14.5. The third-order valence-electron chi connectivity index (χ3n) is 2.75. The molecule has 0 unspecified atom stereocenters. The molecule has 1 aromatic heterocycles. The van der Waals surface area contributed by atoms with Crippen LogP contribution in [0.4, 0.5) is 0 Å². The topological polar surface area (TPSA) is 44.1 Å². The Labute approximate surface area is 118 Å². The fourth-order valence-electron chi connectivity index (χ4n) is 1.80. The lowest BCUT2D eigenvalue weighted by Crippen LogP contribution is -2.05. The molecule has 0 aliphatic carbocycles. The average molecular weight is 270 g/mol. The lowest BCUT2D eigenvalue weighted by molar-refractivity contribution is 0.103. The number of hydrogen-bond donors (Lipinski definition) is 0. The number of allylic oxidation sites excluding steroid dienone is 1. The highest BCUT2D eigenvalue weighted by Crippen LogP contribution is 2.15. The molecular weight excluding hydrogens is 252 g/mol. The Morgan fingerprint density at radius 1 is 1.25 bits per heavy atom. The number of nitrogens with zero attached hydrogens (tertiary/aromatic N) is 2. The number of ether oxygens (including phenoxy) is 1. The summed E-state index contributed by atoms with van der Waals surface area (Å²) in [4.78, 5) is 11.9. The smallest absolute Gasteiger partial charge is 0.203 e. The fourth-order valence-corrected chi connectivity index (χ4v) is 1.80. The van der Waals surface area contributed by atoms with Crippen molar-refractivity contribution in [1.82, 2.24) is 9.78 Å².